The van der Waals surface area contributed by atoms with Crippen molar-refractivity contribution in [3.05, 3.63) is 69.3 Å². The number of hydrogen-bond donors (Lipinski definition) is 1. The summed E-state index contributed by atoms with van der Waals surface area (Å²) in [7, 11) is -3.84. The van der Waals surface area contributed by atoms with E-state index in [0.29, 0.717) is 5.56 Å². The lowest BCUT2D eigenvalue weighted by atomic mass is 10.1. The first-order valence-electron chi connectivity index (χ1n) is 8.98. The van der Waals surface area contributed by atoms with E-state index < -0.39 is 14.9 Å². The molecule has 2 aromatic rings. The lowest BCUT2D eigenvalue weighted by Gasteiger charge is -2.26. The molecular formula is C19H23N3O5S. The molecule has 8 nitrogen and oxygen atoms in total. The number of nitro benzene ring substituents is 1. The minimum absolute atomic E-state index is 0.113. The van der Waals surface area contributed by atoms with Gasteiger partial charge in [-0.05, 0) is 24.1 Å². The molecule has 1 fully saturated rings. The van der Waals surface area contributed by atoms with Crippen LogP contribution < -0.4 is 4.72 Å². The summed E-state index contributed by atoms with van der Waals surface area (Å²) in [5, 5.41) is 11.0. The lowest BCUT2D eigenvalue weighted by Crippen LogP contribution is -2.35. The van der Waals surface area contributed by atoms with Crippen molar-refractivity contribution in [2.45, 2.75) is 24.9 Å². The molecule has 0 spiro atoms. The molecule has 0 aromatic heterocycles. The summed E-state index contributed by atoms with van der Waals surface area (Å²) >= 11 is 0. The zero-order valence-corrected chi connectivity index (χ0v) is 16.4. The van der Waals surface area contributed by atoms with E-state index in [4.69, 9.17) is 4.74 Å². The number of aryl methyl sites for hydroxylation is 1. The van der Waals surface area contributed by atoms with Crippen LogP contribution >= 0.6 is 0 Å². The van der Waals surface area contributed by atoms with Crippen molar-refractivity contribution < 1.29 is 18.1 Å². The van der Waals surface area contributed by atoms with Crippen LogP contribution in [0.5, 0.6) is 0 Å². The number of hydrogen-bond acceptors (Lipinski definition) is 6. The van der Waals surface area contributed by atoms with E-state index in [1.165, 1.54) is 12.1 Å². The maximum atomic E-state index is 12.5. The molecule has 1 heterocycles. The average molecular weight is 405 g/mol. The molecule has 2 aromatic carbocycles. The van der Waals surface area contributed by atoms with E-state index in [0.717, 1.165) is 50.0 Å². The summed E-state index contributed by atoms with van der Waals surface area (Å²) in [6, 6.07) is 11.6. The molecular weight excluding hydrogens is 382 g/mol. The molecule has 9 heteroatoms. The van der Waals surface area contributed by atoms with Gasteiger partial charge in [0, 0.05) is 37.8 Å². The number of ether oxygens (including phenoxy) is 1. The second-order valence-electron chi connectivity index (χ2n) is 6.73. The normalized spacial score (nSPS) is 15.5. The van der Waals surface area contributed by atoms with Crippen molar-refractivity contribution in [2.24, 2.45) is 0 Å². The van der Waals surface area contributed by atoms with Crippen LogP contribution in [0.1, 0.15) is 16.7 Å². The van der Waals surface area contributed by atoms with E-state index in [-0.39, 0.29) is 17.1 Å². The quantitative estimate of drug-likeness (QED) is 0.560. The van der Waals surface area contributed by atoms with Crippen LogP contribution in [0.25, 0.3) is 0 Å². The Morgan fingerprint density at radius 3 is 2.39 bits per heavy atom. The van der Waals surface area contributed by atoms with Gasteiger partial charge in [0.2, 0.25) is 10.0 Å². The predicted octanol–water partition coefficient (Wildman–Crippen LogP) is 2.21. The van der Waals surface area contributed by atoms with Crippen molar-refractivity contribution >= 4 is 15.7 Å². The zero-order chi connectivity index (χ0) is 20.1. The molecule has 3 rings (SSSR count). The van der Waals surface area contributed by atoms with Crippen LogP contribution in [0.15, 0.2) is 47.4 Å². The van der Waals surface area contributed by atoms with Crippen LogP contribution in [-0.2, 0) is 27.8 Å². The van der Waals surface area contributed by atoms with Crippen LogP contribution in [0.3, 0.4) is 0 Å². The molecule has 0 saturated carbocycles. The summed E-state index contributed by atoms with van der Waals surface area (Å²) in [5.41, 5.74) is 2.17. The highest BCUT2D eigenvalue weighted by Gasteiger charge is 2.19. The van der Waals surface area contributed by atoms with Gasteiger partial charge >= 0.3 is 0 Å². The van der Waals surface area contributed by atoms with Gasteiger partial charge in [-0.2, -0.15) is 0 Å². The first-order valence-corrected chi connectivity index (χ1v) is 10.5. The fourth-order valence-electron chi connectivity index (χ4n) is 2.99. The van der Waals surface area contributed by atoms with Gasteiger partial charge in [-0.25, -0.2) is 13.1 Å². The summed E-state index contributed by atoms with van der Waals surface area (Å²) < 4.78 is 32.8. The number of morpholine rings is 1. The van der Waals surface area contributed by atoms with Crippen molar-refractivity contribution in [1.82, 2.24) is 9.62 Å². The van der Waals surface area contributed by atoms with Gasteiger partial charge in [0.15, 0.2) is 0 Å². The van der Waals surface area contributed by atoms with Gasteiger partial charge in [0.1, 0.15) is 0 Å². The number of benzene rings is 2. The van der Waals surface area contributed by atoms with Crippen LogP contribution in [0, 0.1) is 17.0 Å². The molecule has 1 aliphatic heterocycles. The minimum atomic E-state index is -3.84. The number of sulfonamides is 1. The molecule has 0 radical (unpaired) electrons. The monoisotopic (exact) mass is 405 g/mol. The summed E-state index contributed by atoms with van der Waals surface area (Å²) in [6.45, 7) is 5.83. The zero-order valence-electron chi connectivity index (χ0n) is 15.6. The third kappa shape index (κ3) is 5.14. The lowest BCUT2D eigenvalue weighted by molar-refractivity contribution is -0.385. The highest BCUT2D eigenvalue weighted by Crippen LogP contribution is 2.22. The molecule has 0 unspecified atom stereocenters. The highest BCUT2D eigenvalue weighted by molar-refractivity contribution is 7.89. The smallest absolute Gasteiger partial charge is 0.273 e. The first kappa shape index (κ1) is 20.4. The third-order valence-electron chi connectivity index (χ3n) is 4.69. The van der Waals surface area contributed by atoms with Gasteiger partial charge < -0.3 is 4.74 Å². The molecule has 0 amide bonds. The Labute approximate surface area is 164 Å². The van der Waals surface area contributed by atoms with Gasteiger partial charge in [-0.1, -0.05) is 30.3 Å². The van der Waals surface area contributed by atoms with E-state index in [2.05, 4.69) is 9.62 Å². The predicted molar refractivity (Wildman–Crippen MR) is 104 cm³/mol. The Morgan fingerprint density at radius 1 is 1.11 bits per heavy atom. The standard InChI is InChI=1S/C19H23N3O5S/c1-15-2-7-18(12-19(15)22(23)24)28(25,26)20-13-16-3-5-17(6-4-16)14-21-8-10-27-11-9-21/h2-7,12,20H,8-11,13-14H2,1H3. The summed E-state index contributed by atoms with van der Waals surface area (Å²) in [4.78, 5) is 12.6. The molecule has 150 valence electrons. The van der Waals surface area contributed by atoms with Crippen molar-refractivity contribution in [3.8, 4) is 0 Å². The number of nitro groups is 1. The summed E-state index contributed by atoms with van der Waals surface area (Å²) in [6.07, 6.45) is 0. The van der Waals surface area contributed by atoms with E-state index in [9.17, 15) is 18.5 Å². The molecule has 0 aliphatic carbocycles. The van der Waals surface area contributed by atoms with E-state index in [1.54, 1.807) is 6.92 Å². The van der Waals surface area contributed by atoms with Gasteiger partial charge in [0.05, 0.1) is 23.0 Å². The fraction of sp³-hybridized carbons (Fsp3) is 0.368. The number of nitrogens with one attached hydrogen (secondary N) is 1. The Morgan fingerprint density at radius 2 is 1.75 bits per heavy atom. The highest BCUT2D eigenvalue weighted by atomic mass is 32.2. The Hall–Kier alpha value is -2.33. The fourth-order valence-corrected chi connectivity index (χ4v) is 4.03. The minimum Gasteiger partial charge on any atom is -0.379 e. The Kier molecular flexibility index (Phi) is 6.40. The Balaban J connectivity index is 1.62. The maximum Gasteiger partial charge on any atom is 0.273 e. The van der Waals surface area contributed by atoms with Crippen LogP contribution in [0.4, 0.5) is 5.69 Å². The van der Waals surface area contributed by atoms with Crippen molar-refractivity contribution in [3.63, 3.8) is 0 Å². The second-order valence-corrected chi connectivity index (χ2v) is 8.50. The first-order chi connectivity index (χ1) is 13.3. The van der Waals surface area contributed by atoms with Gasteiger partial charge in [-0.3, -0.25) is 15.0 Å². The van der Waals surface area contributed by atoms with Crippen LogP contribution in [-0.4, -0.2) is 44.5 Å². The molecule has 28 heavy (non-hydrogen) atoms. The van der Waals surface area contributed by atoms with Crippen LogP contribution in [0.2, 0.25) is 0 Å². The van der Waals surface area contributed by atoms with E-state index in [1.807, 2.05) is 24.3 Å². The third-order valence-corrected chi connectivity index (χ3v) is 6.09. The van der Waals surface area contributed by atoms with E-state index >= 15 is 0 Å². The maximum absolute atomic E-state index is 12.5. The largest absolute Gasteiger partial charge is 0.379 e. The number of nitrogens with zero attached hydrogens (tertiary/aromatic N) is 2. The molecule has 0 atom stereocenters. The van der Waals surface area contributed by atoms with Gasteiger partial charge in [0.25, 0.3) is 5.69 Å². The molecule has 0 bridgehead atoms. The number of rotatable bonds is 7. The molecule has 1 saturated heterocycles. The molecule has 1 aliphatic rings. The second kappa shape index (κ2) is 8.78. The van der Waals surface area contributed by atoms with Crippen molar-refractivity contribution in [1.29, 1.82) is 0 Å². The Bertz CT molecular complexity index is 939. The SMILES string of the molecule is Cc1ccc(S(=O)(=O)NCc2ccc(CN3CCOCC3)cc2)cc1[N+](=O)[O-]. The average Bonchev–Trinajstić information content (AvgIpc) is 2.68. The topological polar surface area (TPSA) is 102 Å². The van der Waals surface area contributed by atoms with Crippen molar-refractivity contribution in [2.75, 3.05) is 26.3 Å². The summed E-state index contributed by atoms with van der Waals surface area (Å²) in [5.74, 6) is 0. The van der Waals surface area contributed by atoms with Gasteiger partial charge in [-0.15, -0.1) is 0 Å². The molecule has 1 N–H and O–H groups in total.